The lowest BCUT2D eigenvalue weighted by Gasteiger charge is -2.09. The summed E-state index contributed by atoms with van der Waals surface area (Å²) in [5, 5.41) is 0. The molecule has 0 radical (unpaired) electrons. The molecule has 0 amide bonds. The molecule has 3 N–H and O–H groups in total. The predicted molar refractivity (Wildman–Crippen MR) is 81.8 cm³/mol. The van der Waals surface area contributed by atoms with Crippen molar-refractivity contribution >= 4 is 17.6 Å². The summed E-state index contributed by atoms with van der Waals surface area (Å²) in [6, 6.07) is 11.4. The van der Waals surface area contributed by atoms with Gasteiger partial charge in [-0.25, -0.2) is 8.78 Å². The number of benzene rings is 2. The number of hydrogen-bond donors (Lipinski definition) is 2. The second kappa shape index (κ2) is 8.55. The van der Waals surface area contributed by atoms with E-state index in [-0.39, 0.29) is 5.69 Å². The Bertz CT molecular complexity index is 547. The van der Waals surface area contributed by atoms with E-state index < -0.39 is 11.6 Å². The van der Waals surface area contributed by atoms with E-state index >= 15 is 0 Å². The van der Waals surface area contributed by atoms with Crippen LogP contribution in [0, 0.1) is 11.6 Å². The van der Waals surface area contributed by atoms with Crippen molar-refractivity contribution in [3.05, 3.63) is 59.7 Å². The largest absolute Gasteiger partial charge is 0.333 e. The summed E-state index contributed by atoms with van der Waals surface area (Å²) in [5.41, 5.74) is 5.98. The molecule has 2 aromatic rings. The Morgan fingerprint density at radius 3 is 2.45 bits per heavy atom. The van der Waals surface area contributed by atoms with Crippen LogP contribution < -0.4 is 10.5 Å². The molecule has 2 nitrogen and oxygen atoms in total. The first-order valence-electron chi connectivity index (χ1n) is 6.24. The number of hydrogen-bond acceptors (Lipinski definition) is 3. The first kappa shape index (κ1) is 16.5. The molecule has 0 aromatic heterocycles. The molecule has 20 heavy (non-hydrogen) atoms. The van der Waals surface area contributed by atoms with Gasteiger partial charge in [0.1, 0.15) is 11.6 Å². The molecular formula is C15H18F2N2S. The highest BCUT2D eigenvalue weighted by Crippen LogP contribution is 2.26. The quantitative estimate of drug-likeness (QED) is 0.830. The van der Waals surface area contributed by atoms with E-state index in [0.717, 1.165) is 17.4 Å². The van der Waals surface area contributed by atoms with Gasteiger partial charge in [0.15, 0.2) is 0 Å². The van der Waals surface area contributed by atoms with Crippen LogP contribution in [0.2, 0.25) is 0 Å². The van der Waals surface area contributed by atoms with Gasteiger partial charge in [-0.3, -0.25) is 0 Å². The van der Waals surface area contributed by atoms with Crippen LogP contribution in [0.1, 0.15) is 12.5 Å². The monoisotopic (exact) mass is 296 g/mol. The SMILES string of the molecule is CCc1ccccc1SNc1ccc(F)cc1F.CN. The highest BCUT2D eigenvalue weighted by atomic mass is 32.2. The third-order valence-corrected chi connectivity index (χ3v) is 3.50. The summed E-state index contributed by atoms with van der Waals surface area (Å²) in [6.45, 7) is 2.07. The molecule has 0 fully saturated rings. The van der Waals surface area contributed by atoms with Crippen molar-refractivity contribution < 1.29 is 8.78 Å². The van der Waals surface area contributed by atoms with Crippen molar-refractivity contribution in [2.24, 2.45) is 5.73 Å². The van der Waals surface area contributed by atoms with Gasteiger partial charge in [0.25, 0.3) is 0 Å². The maximum atomic E-state index is 13.4. The lowest BCUT2D eigenvalue weighted by molar-refractivity contribution is 0.586. The molecule has 0 bridgehead atoms. The molecule has 0 aliphatic heterocycles. The van der Waals surface area contributed by atoms with Crippen molar-refractivity contribution in [3.8, 4) is 0 Å². The van der Waals surface area contributed by atoms with E-state index in [4.69, 9.17) is 0 Å². The van der Waals surface area contributed by atoms with Gasteiger partial charge in [0.05, 0.1) is 5.69 Å². The number of rotatable bonds is 4. The molecule has 0 aliphatic carbocycles. The molecule has 2 rings (SSSR count). The van der Waals surface area contributed by atoms with Gasteiger partial charge in [0, 0.05) is 11.0 Å². The minimum Gasteiger partial charge on any atom is -0.333 e. The predicted octanol–water partition coefficient (Wildman–Crippen LogP) is 4.22. The number of nitrogens with one attached hydrogen (secondary N) is 1. The normalized spacial score (nSPS) is 9.65. The molecule has 5 heteroatoms. The van der Waals surface area contributed by atoms with Crippen LogP contribution >= 0.6 is 11.9 Å². The Morgan fingerprint density at radius 2 is 1.80 bits per heavy atom. The number of halogens is 2. The maximum Gasteiger partial charge on any atom is 0.150 e. The van der Waals surface area contributed by atoms with E-state index in [2.05, 4.69) is 17.4 Å². The van der Waals surface area contributed by atoms with Gasteiger partial charge in [-0.1, -0.05) is 25.1 Å². The Labute approximate surface area is 122 Å². The molecule has 0 aliphatic rings. The second-order valence-electron chi connectivity index (χ2n) is 3.79. The van der Waals surface area contributed by atoms with Crippen LogP contribution in [0.3, 0.4) is 0 Å². The van der Waals surface area contributed by atoms with E-state index in [9.17, 15) is 8.78 Å². The molecule has 0 atom stereocenters. The first-order valence-corrected chi connectivity index (χ1v) is 7.06. The Hall–Kier alpha value is -1.59. The first-order chi connectivity index (χ1) is 9.70. The van der Waals surface area contributed by atoms with Gasteiger partial charge >= 0.3 is 0 Å². The Morgan fingerprint density at radius 1 is 1.10 bits per heavy atom. The van der Waals surface area contributed by atoms with E-state index in [1.54, 1.807) is 0 Å². The number of nitrogens with two attached hydrogens (primary N) is 1. The molecule has 0 saturated carbocycles. The van der Waals surface area contributed by atoms with Crippen molar-refractivity contribution in [1.82, 2.24) is 0 Å². The molecule has 0 heterocycles. The zero-order chi connectivity index (χ0) is 15.0. The topological polar surface area (TPSA) is 38.0 Å². The minimum absolute atomic E-state index is 0.285. The van der Waals surface area contributed by atoms with Crippen molar-refractivity contribution in [2.45, 2.75) is 18.2 Å². The zero-order valence-corrected chi connectivity index (χ0v) is 12.3. The van der Waals surface area contributed by atoms with Crippen LogP contribution in [-0.2, 0) is 6.42 Å². The lowest BCUT2D eigenvalue weighted by Crippen LogP contribution is -1.93. The summed E-state index contributed by atoms with van der Waals surface area (Å²) in [6.07, 6.45) is 0.913. The van der Waals surface area contributed by atoms with Gasteiger partial charge < -0.3 is 10.5 Å². The third kappa shape index (κ3) is 4.51. The fourth-order valence-corrected chi connectivity index (χ4v) is 2.45. The molecule has 0 spiro atoms. The summed E-state index contributed by atoms with van der Waals surface area (Å²) < 4.78 is 29.1. The van der Waals surface area contributed by atoms with Gasteiger partial charge in [0.2, 0.25) is 0 Å². The second-order valence-corrected chi connectivity index (χ2v) is 4.64. The minimum atomic E-state index is -0.587. The molecule has 2 aromatic carbocycles. The summed E-state index contributed by atoms with van der Waals surface area (Å²) in [5.74, 6) is -1.16. The van der Waals surface area contributed by atoms with Crippen LogP contribution in [0.15, 0.2) is 47.4 Å². The van der Waals surface area contributed by atoms with Crippen molar-refractivity contribution in [2.75, 3.05) is 11.8 Å². The number of anilines is 1. The zero-order valence-electron chi connectivity index (χ0n) is 11.5. The van der Waals surface area contributed by atoms with E-state index in [0.29, 0.717) is 0 Å². The van der Waals surface area contributed by atoms with Crippen LogP contribution in [0.25, 0.3) is 0 Å². The third-order valence-electron chi connectivity index (χ3n) is 2.56. The number of aryl methyl sites for hydroxylation is 1. The van der Waals surface area contributed by atoms with Crippen molar-refractivity contribution in [3.63, 3.8) is 0 Å². The maximum absolute atomic E-state index is 13.4. The molecule has 0 unspecified atom stereocenters. The fourth-order valence-electron chi connectivity index (χ4n) is 1.58. The summed E-state index contributed by atoms with van der Waals surface area (Å²) in [4.78, 5) is 1.05. The average molecular weight is 296 g/mol. The van der Waals surface area contributed by atoms with Gasteiger partial charge in [-0.2, -0.15) is 0 Å². The summed E-state index contributed by atoms with van der Waals surface area (Å²) >= 11 is 1.33. The van der Waals surface area contributed by atoms with E-state index in [1.165, 1.54) is 36.7 Å². The van der Waals surface area contributed by atoms with Gasteiger partial charge in [-0.05, 0) is 49.2 Å². The highest BCUT2D eigenvalue weighted by Gasteiger charge is 2.05. The fraction of sp³-hybridized carbons (Fsp3) is 0.200. The van der Waals surface area contributed by atoms with Crippen LogP contribution in [0.4, 0.5) is 14.5 Å². The smallest absolute Gasteiger partial charge is 0.150 e. The standard InChI is InChI=1S/C14H13F2NS.CH5N/c1-2-10-5-3-4-6-14(10)18-17-13-8-7-11(15)9-12(13)16;1-2/h3-9,17H,2H2,1H3;2H2,1H3. The molecule has 0 saturated heterocycles. The summed E-state index contributed by atoms with van der Waals surface area (Å²) in [7, 11) is 1.50. The van der Waals surface area contributed by atoms with Crippen LogP contribution in [-0.4, -0.2) is 7.05 Å². The molecular weight excluding hydrogens is 278 g/mol. The van der Waals surface area contributed by atoms with Crippen molar-refractivity contribution in [1.29, 1.82) is 0 Å². The average Bonchev–Trinajstić information content (AvgIpc) is 2.49. The van der Waals surface area contributed by atoms with Crippen LogP contribution in [0.5, 0.6) is 0 Å². The molecule has 108 valence electrons. The van der Waals surface area contributed by atoms with E-state index in [1.807, 2.05) is 24.3 Å². The Kier molecular flexibility index (Phi) is 7.04. The lowest BCUT2D eigenvalue weighted by atomic mass is 10.2. The highest BCUT2D eigenvalue weighted by molar-refractivity contribution is 8.00. The Balaban J connectivity index is 0.000000956. The van der Waals surface area contributed by atoms with Gasteiger partial charge in [-0.15, -0.1) is 0 Å².